The highest BCUT2D eigenvalue weighted by atomic mass is 16.5. The third kappa shape index (κ3) is 3.75. The fraction of sp³-hybridized carbons (Fsp3) is 0.111. The first-order valence-corrected chi connectivity index (χ1v) is 10.5. The zero-order valence-corrected chi connectivity index (χ0v) is 17.4. The third-order valence-corrected chi connectivity index (χ3v) is 5.72. The van der Waals surface area contributed by atoms with Gasteiger partial charge in [-0.3, -0.25) is 4.79 Å². The van der Waals surface area contributed by atoms with E-state index in [2.05, 4.69) is 18.2 Å². The van der Waals surface area contributed by atoms with E-state index in [0.717, 1.165) is 23.4 Å². The van der Waals surface area contributed by atoms with Crippen LogP contribution in [0.2, 0.25) is 0 Å². The number of nitriles is 1. The van der Waals surface area contributed by atoms with E-state index in [9.17, 15) is 10.1 Å². The highest BCUT2D eigenvalue weighted by molar-refractivity contribution is 5.96. The number of hydrogen-bond acceptors (Lipinski definition) is 3. The van der Waals surface area contributed by atoms with Gasteiger partial charge >= 0.3 is 0 Å². The Morgan fingerprint density at radius 1 is 0.844 bits per heavy atom. The van der Waals surface area contributed by atoms with Gasteiger partial charge in [0.15, 0.2) is 0 Å². The number of aromatic nitrogens is 1. The minimum absolute atomic E-state index is 0.134. The highest BCUT2D eigenvalue weighted by Gasteiger charge is 2.26. The number of hydrogen-bond donors (Lipinski definition) is 0. The molecule has 0 radical (unpaired) electrons. The fourth-order valence-electron chi connectivity index (χ4n) is 4.07. The van der Waals surface area contributed by atoms with Crippen LogP contribution in [-0.4, -0.2) is 21.9 Å². The van der Waals surface area contributed by atoms with Crippen molar-refractivity contribution in [1.29, 1.82) is 5.26 Å². The van der Waals surface area contributed by atoms with Gasteiger partial charge in [-0.1, -0.05) is 42.5 Å². The van der Waals surface area contributed by atoms with Crippen molar-refractivity contribution in [1.82, 2.24) is 9.47 Å². The van der Waals surface area contributed by atoms with Crippen LogP contribution >= 0.6 is 0 Å². The number of fused-ring (bicyclic) bond motifs is 1. The maximum absolute atomic E-state index is 13.5. The van der Waals surface area contributed by atoms with Gasteiger partial charge in [0.2, 0.25) is 0 Å². The van der Waals surface area contributed by atoms with Crippen molar-refractivity contribution in [3.8, 4) is 23.3 Å². The molecule has 5 nitrogen and oxygen atoms in total. The van der Waals surface area contributed by atoms with E-state index in [-0.39, 0.29) is 5.91 Å². The lowest BCUT2D eigenvalue weighted by Crippen LogP contribution is -2.37. The summed E-state index contributed by atoms with van der Waals surface area (Å²) in [6, 6.07) is 29.1. The summed E-state index contributed by atoms with van der Waals surface area (Å²) in [5, 5.41) is 9.64. The Bertz CT molecular complexity index is 1300. The minimum Gasteiger partial charge on any atom is -0.457 e. The number of benzene rings is 3. The predicted octanol–water partition coefficient (Wildman–Crippen LogP) is 5.34. The second kappa shape index (κ2) is 8.44. The van der Waals surface area contributed by atoms with Crippen molar-refractivity contribution in [2.45, 2.75) is 13.0 Å². The normalized spacial score (nSPS) is 12.7. The van der Waals surface area contributed by atoms with Crippen LogP contribution in [0.4, 0.5) is 0 Å². The molecule has 32 heavy (non-hydrogen) atoms. The van der Waals surface area contributed by atoms with Crippen LogP contribution in [0.1, 0.15) is 27.2 Å². The van der Waals surface area contributed by atoms with E-state index in [1.54, 1.807) is 16.8 Å². The van der Waals surface area contributed by atoms with Gasteiger partial charge in [0.1, 0.15) is 23.3 Å². The zero-order chi connectivity index (χ0) is 21.9. The SMILES string of the molecule is N#Cc1ccn(-c2ccc(Oc3ccccc3)cc2)c1C(=O)N1CCc2ccccc2C1. The molecular formula is C27H21N3O2. The molecule has 4 aromatic rings. The van der Waals surface area contributed by atoms with E-state index in [1.807, 2.05) is 71.6 Å². The Morgan fingerprint density at radius 2 is 1.53 bits per heavy atom. The fourth-order valence-corrected chi connectivity index (χ4v) is 4.07. The third-order valence-electron chi connectivity index (χ3n) is 5.72. The van der Waals surface area contributed by atoms with Crippen molar-refractivity contribution >= 4 is 5.91 Å². The largest absolute Gasteiger partial charge is 0.457 e. The van der Waals surface area contributed by atoms with Crippen molar-refractivity contribution in [3.63, 3.8) is 0 Å². The lowest BCUT2D eigenvalue weighted by molar-refractivity contribution is 0.0726. The summed E-state index contributed by atoms with van der Waals surface area (Å²) in [6.07, 6.45) is 2.59. The molecule has 0 spiro atoms. The Kier molecular flexibility index (Phi) is 5.19. The number of rotatable bonds is 4. The van der Waals surface area contributed by atoms with Crippen molar-refractivity contribution in [2.75, 3.05) is 6.54 Å². The molecule has 0 N–H and O–H groups in total. The molecule has 2 heterocycles. The molecule has 0 saturated heterocycles. The molecular weight excluding hydrogens is 398 g/mol. The maximum Gasteiger partial charge on any atom is 0.272 e. The summed E-state index contributed by atoms with van der Waals surface area (Å²) in [4.78, 5) is 15.3. The maximum atomic E-state index is 13.5. The van der Waals surface area contributed by atoms with Crippen LogP contribution in [0.15, 0.2) is 91.1 Å². The summed E-state index contributed by atoms with van der Waals surface area (Å²) < 4.78 is 7.65. The number of para-hydroxylation sites is 1. The van der Waals surface area contributed by atoms with Gasteiger partial charge in [0.05, 0.1) is 5.56 Å². The monoisotopic (exact) mass is 419 g/mol. The Labute approximate surface area is 186 Å². The summed E-state index contributed by atoms with van der Waals surface area (Å²) in [5.41, 5.74) is 4.00. The predicted molar refractivity (Wildman–Crippen MR) is 122 cm³/mol. The summed E-state index contributed by atoms with van der Waals surface area (Å²) >= 11 is 0. The second-order valence-electron chi connectivity index (χ2n) is 7.71. The molecule has 0 saturated carbocycles. The van der Waals surface area contributed by atoms with Crippen LogP contribution in [0.25, 0.3) is 5.69 Å². The van der Waals surface area contributed by atoms with Gasteiger partial charge in [-0.25, -0.2) is 0 Å². The zero-order valence-electron chi connectivity index (χ0n) is 17.4. The number of amides is 1. The van der Waals surface area contributed by atoms with Crippen LogP contribution in [0.5, 0.6) is 11.5 Å². The van der Waals surface area contributed by atoms with Crippen LogP contribution in [-0.2, 0) is 13.0 Å². The molecule has 0 aliphatic carbocycles. The number of nitrogens with zero attached hydrogens (tertiary/aromatic N) is 3. The molecule has 0 bridgehead atoms. The molecule has 1 aromatic heterocycles. The van der Waals surface area contributed by atoms with Crippen LogP contribution in [0, 0.1) is 11.3 Å². The van der Waals surface area contributed by atoms with Crippen molar-refractivity contribution in [2.24, 2.45) is 0 Å². The summed E-state index contributed by atoms with van der Waals surface area (Å²) in [6.45, 7) is 1.19. The number of carbonyl (C=O) groups is 1. The molecule has 156 valence electrons. The smallest absolute Gasteiger partial charge is 0.272 e. The second-order valence-corrected chi connectivity index (χ2v) is 7.71. The molecule has 1 aliphatic rings. The molecule has 0 unspecified atom stereocenters. The van der Waals surface area contributed by atoms with Gasteiger partial charge in [-0.05, 0) is 60.0 Å². The molecule has 3 aromatic carbocycles. The number of carbonyl (C=O) groups excluding carboxylic acids is 1. The average molecular weight is 419 g/mol. The van der Waals surface area contributed by atoms with E-state index in [4.69, 9.17) is 4.74 Å². The lowest BCUT2D eigenvalue weighted by Gasteiger charge is -2.29. The van der Waals surface area contributed by atoms with E-state index >= 15 is 0 Å². The van der Waals surface area contributed by atoms with Gasteiger partial charge < -0.3 is 14.2 Å². The standard InChI is InChI=1S/C27H21N3O2/c28-18-21-15-17-30(23-10-12-25(13-11-23)32-24-8-2-1-3-9-24)26(21)27(31)29-16-14-20-6-4-5-7-22(20)19-29/h1-13,15,17H,14,16,19H2. The average Bonchev–Trinajstić information content (AvgIpc) is 3.28. The summed E-state index contributed by atoms with van der Waals surface area (Å²) in [5.74, 6) is 1.33. The van der Waals surface area contributed by atoms with E-state index < -0.39 is 0 Å². The van der Waals surface area contributed by atoms with Gasteiger partial charge in [-0.2, -0.15) is 5.26 Å². The van der Waals surface area contributed by atoms with Crippen molar-refractivity contribution in [3.05, 3.63) is 114 Å². The minimum atomic E-state index is -0.134. The van der Waals surface area contributed by atoms with Gasteiger partial charge in [0.25, 0.3) is 5.91 Å². The van der Waals surface area contributed by atoms with Crippen LogP contribution in [0.3, 0.4) is 0 Å². The lowest BCUT2D eigenvalue weighted by atomic mass is 9.99. The first kappa shape index (κ1) is 19.7. The Morgan fingerprint density at radius 3 is 2.28 bits per heavy atom. The Hall–Kier alpha value is -4.30. The molecule has 0 atom stereocenters. The first-order valence-electron chi connectivity index (χ1n) is 10.5. The highest BCUT2D eigenvalue weighted by Crippen LogP contribution is 2.26. The number of ether oxygens (including phenoxy) is 1. The van der Waals surface area contributed by atoms with Gasteiger partial charge in [0, 0.05) is 25.0 Å². The Balaban J connectivity index is 1.42. The summed E-state index contributed by atoms with van der Waals surface area (Å²) in [7, 11) is 0. The first-order chi connectivity index (χ1) is 15.7. The molecule has 1 amide bonds. The molecule has 5 heteroatoms. The van der Waals surface area contributed by atoms with Crippen LogP contribution < -0.4 is 4.74 Å². The quantitative estimate of drug-likeness (QED) is 0.449. The van der Waals surface area contributed by atoms with E-state index in [1.165, 1.54) is 5.56 Å². The molecule has 0 fully saturated rings. The van der Waals surface area contributed by atoms with Crippen molar-refractivity contribution < 1.29 is 9.53 Å². The van der Waals surface area contributed by atoms with Gasteiger partial charge in [-0.15, -0.1) is 0 Å². The van der Waals surface area contributed by atoms with E-state index in [0.29, 0.717) is 30.1 Å². The molecule has 1 aliphatic heterocycles. The topological polar surface area (TPSA) is 58.3 Å². The molecule has 5 rings (SSSR count).